The molecule has 0 unspecified atom stereocenters. The van der Waals surface area contributed by atoms with Crippen LogP contribution in [0.5, 0.6) is 0 Å². The predicted molar refractivity (Wildman–Crippen MR) is 47.0 cm³/mol. The number of thiophene rings is 1. The van der Waals surface area contributed by atoms with Crippen LogP contribution >= 0.6 is 11.3 Å². The number of nitro groups is 1. The van der Waals surface area contributed by atoms with Gasteiger partial charge in [-0.2, -0.15) is 0 Å². The van der Waals surface area contributed by atoms with E-state index in [-0.39, 0.29) is 10.6 Å². The Kier molecular flexibility index (Phi) is 2.62. The number of carbonyl (C=O) groups excluding carboxylic acids is 1. The molecule has 1 rings (SSSR count). The number of methoxy groups -OCH3 is 1. The van der Waals surface area contributed by atoms with Crippen LogP contribution in [0.1, 0.15) is 15.2 Å². The highest BCUT2D eigenvalue weighted by molar-refractivity contribution is 7.15. The van der Waals surface area contributed by atoms with Crippen molar-refractivity contribution in [2.45, 2.75) is 6.92 Å². The third-order valence-corrected chi connectivity index (χ3v) is 2.49. The van der Waals surface area contributed by atoms with Crippen LogP contribution in [0.15, 0.2) is 6.07 Å². The molecule has 0 aliphatic heterocycles. The first kappa shape index (κ1) is 9.66. The zero-order chi connectivity index (χ0) is 10.0. The van der Waals surface area contributed by atoms with Gasteiger partial charge in [0.2, 0.25) is 0 Å². The molecule has 0 atom stereocenters. The molecule has 1 aromatic rings. The Morgan fingerprint density at radius 3 is 2.69 bits per heavy atom. The van der Waals surface area contributed by atoms with Crippen LogP contribution < -0.4 is 0 Å². The largest absolute Gasteiger partial charge is 0.465 e. The fourth-order valence-corrected chi connectivity index (χ4v) is 1.69. The summed E-state index contributed by atoms with van der Waals surface area (Å²) in [6, 6.07) is 1.23. The standard InChI is InChI=1S/C7H7NO4S/c1-4-5(7(9)12-2)3-6(13-4)8(10)11/h3H,1-2H3. The predicted octanol–water partition coefficient (Wildman–Crippen LogP) is 1.75. The lowest BCUT2D eigenvalue weighted by Gasteiger charge is -1.93. The monoisotopic (exact) mass is 201 g/mol. The summed E-state index contributed by atoms with van der Waals surface area (Å²) in [4.78, 5) is 21.4. The second-order valence-electron chi connectivity index (χ2n) is 2.30. The molecule has 1 aromatic heterocycles. The second-order valence-corrected chi connectivity index (χ2v) is 3.54. The molecule has 0 fully saturated rings. The molecule has 1 heterocycles. The average Bonchev–Trinajstić information content (AvgIpc) is 2.46. The van der Waals surface area contributed by atoms with Crippen molar-refractivity contribution in [1.82, 2.24) is 0 Å². The van der Waals surface area contributed by atoms with Crippen LogP contribution in [0.4, 0.5) is 5.00 Å². The highest BCUT2D eigenvalue weighted by atomic mass is 32.1. The summed E-state index contributed by atoms with van der Waals surface area (Å²) in [6.45, 7) is 1.64. The molecule has 0 saturated heterocycles. The van der Waals surface area contributed by atoms with Crippen LogP contribution in [0.3, 0.4) is 0 Å². The van der Waals surface area contributed by atoms with E-state index in [9.17, 15) is 14.9 Å². The Labute approximate surface area is 78.1 Å². The van der Waals surface area contributed by atoms with Gasteiger partial charge in [-0.25, -0.2) is 4.79 Å². The fraction of sp³-hybridized carbons (Fsp3) is 0.286. The van der Waals surface area contributed by atoms with Gasteiger partial charge in [0.15, 0.2) is 0 Å². The van der Waals surface area contributed by atoms with Crippen LogP contribution in [0.2, 0.25) is 0 Å². The van der Waals surface area contributed by atoms with Gasteiger partial charge in [0.1, 0.15) is 0 Å². The van der Waals surface area contributed by atoms with Gasteiger partial charge in [-0.15, -0.1) is 0 Å². The third-order valence-electron chi connectivity index (χ3n) is 1.49. The smallest absolute Gasteiger partial charge is 0.339 e. The first-order valence-corrected chi connectivity index (χ1v) is 4.21. The van der Waals surface area contributed by atoms with Gasteiger partial charge in [-0.05, 0) is 6.92 Å². The fourth-order valence-electron chi connectivity index (χ4n) is 0.869. The Hall–Kier alpha value is -1.43. The summed E-state index contributed by atoms with van der Waals surface area (Å²) in [7, 11) is 1.24. The lowest BCUT2D eigenvalue weighted by atomic mass is 10.3. The lowest BCUT2D eigenvalue weighted by Crippen LogP contribution is -2.00. The molecule has 0 aliphatic carbocycles. The maximum atomic E-state index is 11.0. The van der Waals surface area contributed by atoms with E-state index in [2.05, 4.69) is 4.74 Å². The Morgan fingerprint density at radius 2 is 2.31 bits per heavy atom. The highest BCUT2D eigenvalue weighted by Gasteiger charge is 2.19. The van der Waals surface area contributed by atoms with Crippen molar-refractivity contribution in [3.05, 3.63) is 26.6 Å². The number of carbonyl (C=O) groups is 1. The number of esters is 1. The molecule has 0 bridgehead atoms. The number of hydrogen-bond donors (Lipinski definition) is 0. The number of aryl methyl sites for hydroxylation is 1. The van der Waals surface area contributed by atoms with Gasteiger partial charge < -0.3 is 4.74 Å². The normalized spacial score (nSPS) is 9.69. The molecule has 0 amide bonds. The number of nitrogens with zero attached hydrogens (tertiary/aromatic N) is 1. The topological polar surface area (TPSA) is 69.4 Å². The van der Waals surface area contributed by atoms with Gasteiger partial charge >= 0.3 is 11.0 Å². The minimum atomic E-state index is -0.540. The highest BCUT2D eigenvalue weighted by Crippen LogP contribution is 2.28. The van der Waals surface area contributed by atoms with E-state index in [1.54, 1.807) is 6.92 Å². The van der Waals surface area contributed by atoms with Crippen LogP contribution in [-0.2, 0) is 4.74 Å². The zero-order valence-corrected chi connectivity index (χ0v) is 7.88. The average molecular weight is 201 g/mol. The maximum absolute atomic E-state index is 11.0. The van der Waals surface area contributed by atoms with Crippen molar-refractivity contribution in [3.63, 3.8) is 0 Å². The molecule has 13 heavy (non-hydrogen) atoms. The Balaban J connectivity index is 3.10. The summed E-state index contributed by atoms with van der Waals surface area (Å²) in [6.07, 6.45) is 0. The van der Waals surface area contributed by atoms with Crippen molar-refractivity contribution in [3.8, 4) is 0 Å². The number of ether oxygens (including phenoxy) is 1. The molecular formula is C7H7NO4S. The van der Waals surface area contributed by atoms with E-state index in [1.807, 2.05) is 0 Å². The molecule has 6 heteroatoms. The third kappa shape index (κ3) is 1.83. The molecule has 5 nitrogen and oxygen atoms in total. The van der Waals surface area contributed by atoms with Crippen molar-refractivity contribution >= 4 is 22.3 Å². The molecule has 0 N–H and O–H groups in total. The van der Waals surface area contributed by atoms with Crippen LogP contribution in [-0.4, -0.2) is 18.0 Å². The van der Waals surface area contributed by atoms with Crippen LogP contribution in [0, 0.1) is 17.0 Å². The second kappa shape index (κ2) is 3.53. The first-order valence-electron chi connectivity index (χ1n) is 3.39. The number of rotatable bonds is 2. The SMILES string of the molecule is COC(=O)c1cc([N+](=O)[O-])sc1C. The minimum absolute atomic E-state index is 0.0436. The van der Waals surface area contributed by atoms with Crippen molar-refractivity contribution in [1.29, 1.82) is 0 Å². The van der Waals surface area contributed by atoms with E-state index in [4.69, 9.17) is 0 Å². The van der Waals surface area contributed by atoms with Crippen molar-refractivity contribution in [2.75, 3.05) is 7.11 Å². The summed E-state index contributed by atoms with van der Waals surface area (Å²) in [5.74, 6) is -0.540. The minimum Gasteiger partial charge on any atom is -0.465 e. The molecule has 70 valence electrons. The summed E-state index contributed by atoms with van der Waals surface area (Å²) in [5, 5.41) is 10.3. The van der Waals surface area contributed by atoms with Gasteiger partial charge in [0.05, 0.1) is 17.6 Å². The molecule has 0 aromatic carbocycles. The molecule has 0 saturated carbocycles. The Bertz CT molecular complexity index is 357. The quantitative estimate of drug-likeness (QED) is 0.415. The van der Waals surface area contributed by atoms with Crippen molar-refractivity contribution in [2.24, 2.45) is 0 Å². The van der Waals surface area contributed by atoms with Crippen LogP contribution in [0.25, 0.3) is 0 Å². The molecule has 0 aliphatic rings. The van der Waals surface area contributed by atoms with Gasteiger partial charge in [-0.3, -0.25) is 10.1 Å². The Morgan fingerprint density at radius 1 is 1.69 bits per heavy atom. The van der Waals surface area contributed by atoms with Crippen molar-refractivity contribution < 1.29 is 14.5 Å². The first-order chi connectivity index (χ1) is 6.06. The van der Waals surface area contributed by atoms with Gasteiger partial charge in [0, 0.05) is 10.9 Å². The van der Waals surface area contributed by atoms with Gasteiger partial charge in [0.25, 0.3) is 0 Å². The van der Waals surface area contributed by atoms with Gasteiger partial charge in [-0.1, -0.05) is 11.3 Å². The summed E-state index contributed by atoms with van der Waals surface area (Å²) >= 11 is 0.966. The lowest BCUT2D eigenvalue weighted by molar-refractivity contribution is -0.380. The summed E-state index contributed by atoms with van der Waals surface area (Å²) < 4.78 is 4.46. The molecule has 0 spiro atoms. The molecule has 0 radical (unpaired) electrons. The van der Waals surface area contributed by atoms with E-state index in [0.717, 1.165) is 11.3 Å². The zero-order valence-electron chi connectivity index (χ0n) is 7.07. The number of hydrogen-bond acceptors (Lipinski definition) is 5. The van der Waals surface area contributed by atoms with E-state index in [0.29, 0.717) is 4.88 Å². The van der Waals surface area contributed by atoms with E-state index < -0.39 is 10.9 Å². The molecular weight excluding hydrogens is 194 g/mol. The van der Waals surface area contributed by atoms with E-state index in [1.165, 1.54) is 13.2 Å². The summed E-state index contributed by atoms with van der Waals surface area (Å²) in [5.41, 5.74) is 0.263. The maximum Gasteiger partial charge on any atom is 0.339 e. The van der Waals surface area contributed by atoms with E-state index >= 15 is 0 Å².